The molecule has 0 bridgehead atoms. The van der Waals surface area contributed by atoms with E-state index in [2.05, 4.69) is 11.9 Å². The fourth-order valence-corrected chi connectivity index (χ4v) is 4.63. The molecule has 1 N–H and O–H groups in total. The quantitative estimate of drug-likeness (QED) is 0.425. The van der Waals surface area contributed by atoms with Gasteiger partial charge in [0.2, 0.25) is 5.43 Å². The molecule has 0 amide bonds. The van der Waals surface area contributed by atoms with Crippen LogP contribution in [0.25, 0.3) is 5.57 Å². The highest BCUT2D eigenvalue weighted by molar-refractivity contribution is 6.30. The van der Waals surface area contributed by atoms with Gasteiger partial charge < -0.3 is 19.5 Å². The molecule has 2 heterocycles. The average molecular weight is 510 g/mol. The smallest absolute Gasteiger partial charge is 0.231 e. The fraction of sp³-hybridized carbons (Fsp3) is 0.286. The summed E-state index contributed by atoms with van der Waals surface area (Å²) in [5.41, 5.74) is 3.65. The van der Waals surface area contributed by atoms with Crippen LogP contribution in [0.5, 0.6) is 5.75 Å². The Bertz CT molecular complexity index is 1320. The average Bonchev–Trinajstić information content (AvgIpc) is 3.07. The molecule has 0 aliphatic carbocycles. The molecule has 1 aliphatic rings. The fourth-order valence-electron chi connectivity index (χ4n) is 4.42. The van der Waals surface area contributed by atoms with Crippen molar-refractivity contribution in [2.45, 2.75) is 32.7 Å². The number of likely N-dealkylation sites (N-methyl/N-ethyl adjacent to an activating group) is 1. The topological polar surface area (TPSA) is 63.6 Å². The molecule has 8 heteroatoms. The van der Waals surface area contributed by atoms with Crippen LogP contribution in [0.15, 0.2) is 59.9 Å². The third-order valence-corrected chi connectivity index (χ3v) is 6.59. The van der Waals surface area contributed by atoms with Crippen LogP contribution in [0.4, 0.5) is 4.39 Å². The Hall–Kier alpha value is -3.26. The zero-order chi connectivity index (χ0) is 25.7. The minimum absolute atomic E-state index is 0.0450. The van der Waals surface area contributed by atoms with E-state index in [0.717, 1.165) is 22.4 Å². The molecular formula is C28H29ClFN3O3. The van der Waals surface area contributed by atoms with E-state index in [0.29, 0.717) is 51.0 Å². The van der Waals surface area contributed by atoms with Gasteiger partial charge in [-0.1, -0.05) is 54.6 Å². The van der Waals surface area contributed by atoms with Crippen LogP contribution >= 0.6 is 11.6 Å². The highest BCUT2D eigenvalue weighted by Gasteiger charge is 2.25. The van der Waals surface area contributed by atoms with E-state index in [1.54, 1.807) is 12.1 Å². The molecule has 0 radical (unpaired) electrons. The van der Waals surface area contributed by atoms with Crippen molar-refractivity contribution in [2.24, 2.45) is 0 Å². The van der Waals surface area contributed by atoms with E-state index in [1.165, 1.54) is 6.07 Å². The van der Waals surface area contributed by atoms with Crippen LogP contribution in [0.3, 0.4) is 0 Å². The highest BCUT2D eigenvalue weighted by atomic mass is 35.5. The van der Waals surface area contributed by atoms with Crippen molar-refractivity contribution in [3.8, 4) is 5.75 Å². The van der Waals surface area contributed by atoms with E-state index >= 15 is 0 Å². The van der Waals surface area contributed by atoms with Crippen molar-refractivity contribution < 1.29 is 13.9 Å². The van der Waals surface area contributed by atoms with Gasteiger partial charge in [0.1, 0.15) is 18.1 Å². The van der Waals surface area contributed by atoms with Crippen molar-refractivity contribution in [1.82, 2.24) is 14.8 Å². The molecule has 0 saturated heterocycles. The first-order valence-corrected chi connectivity index (χ1v) is 12.2. The van der Waals surface area contributed by atoms with Gasteiger partial charge in [-0.2, -0.15) is 0 Å². The summed E-state index contributed by atoms with van der Waals surface area (Å²) in [4.78, 5) is 27.9. The number of nitrogens with zero attached hydrogens (tertiary/aromatic N) is 2. The second kappa shape index (κ2) is 11.6. The molecule has 0 unspecified atom stereocenters. The number of hydrogen-bond acceptors (Lipinski definition) is 5. The largest absolute Gasteiger partial charge is 0.483 e. The number of pyridine rings is 1. The molecule has 4 rings (SSSR count). The van der Waals surface area contributed by atoms with E-state index in [9.17, 15) is 14.0 Å². The maximum absolute atomic E-state index is 13.5. The molecule has 0 saturated carbocycles. The van der Waals surface area contributed by atoms with Gasteiger partial charge in [-0.05, 0) is 48.8 Å². The molecule has 1 aromatic heterocycles. The van der Waals surface area contributed by atoms with Crippen molar-refractivity contribution >= 4 is 23.5 Å². The predicted octanol–water partition coefficient (Wildman–Crippen LogP) is 4.67. The minimum Gasteiger partial charge on any atom is -0.483 e. The summed E-state index contributed by atoms with van der Waals surface area (Å²) in [7, 11) is 1.93. The number of nitrogens with one attached hydrogen (secondary N) is 1. The summed E-state index contributed by atoms with van der Waals surface area (Å²) in [5, 5.41) is 3.41. The molecule has 0 atom stereocenters. The summed E-state index contributed by atoms with van der Waals surface area (Å²) in [6.07, 6.45) is 1.32. The van der Waals surface area contributed by atoms with Gasteiger partial charge in [-0.15, -0.1) is 0 Å². The van der Waals surface area contributed by atoms with Crippen molar-refractivity contribution in [3.05, 3.63) is 104 Å². The molecule has 0 spiro atoms. The van der Waals surface area contributed by atoms with Gasteiger partial charge >= 0.3 is 0 Å². The summed E-state index contributed by atoms with van der Waals surface area (Å²) in [6, 6.07) is 14.2. The van der Waals surface area contributed by atoms with Crippen LogP contribution in [-0.4, -0.2) is 35.9 Å². The zero-order valence-corrected chi connectivity index (χ0v) is 21.0. The third kappa shape index (κ3) is 5.75. The first-order valence-electron chi connectivity index (χ1n) is 11.8. The number of aromatic nitrogens is 1. The number of halogens is 2. The van der Waals surface area contributed by atoms with Crippen LogP contribution in [0.1, 0.15) is 39.3 Å². The standard InChI is InChI=1S/C28H29ClFN3O3/c1-19-10-11-31-15-24-26(19)27(35)28(36-18-20-6-4-3-5-7-20)25(17-34)33(24)13-12-32(2)16-21-8-9-23(30)22(29)14-21/h3-9,14,17,31H,1,10-13,15-16,18H2,2H3. The van der Waals surface area contributed by atoms with Crippen LogP contribution in [0, 0.1) is 5.82 Å². The Morgan fingerprint density at radius 1 is 1.22 bits per heavy atom. The van der Waals surface area contributed by atoms with Gasteiger partial charge in [0.25, 0.3) is 0 Å². The SMILES string of the molecule is C=C1CCNCc2c1c(=O)c(OCc1ccccc1)c(C=O)n2CCN(C)Cc1ccc(F)c(Cl)c1. The molecular weight excluding hydrogens is 481 g/mol. The van der Waals surface area contributed by atoms with E-state index in [-0.39, 0.29) is 28.5 Å². The summed E-state index contributed by atoms with van der Waals surface area (Å²) < 4.78 is 21.4. The van der Waals surface area contributed by atoms with Crippen LogP contribution < -0.4 is 15.5 Å². The number of carbonyl (C=O) groups is 1. The summed E-state index contributed by atoms with van der Waals surface area (Å²) in [5.74, 6) is -0.408. The van der Waals surface area contributed by atoms with Gasteiger partial charge in [0.05, 0.1) is 5.02 Å². The molecule has 6 nitrogen and oxygen atoms in total. The Balaban J connectivity index is 1.66. The number of hydrogen-bond donors (Lipinski definition) is 1. The lowest BCUT2D eigenvalue weighted by molar-refractivity contribution is 0.110. The van der Waals surface area contributed by atoms with Gasteiger partial charge in [0, 0.05) is 37.4 Å². The maximum atomic E-state index is 13.5. The molecule has 0 fully saturated rings. The lowest BCUT2D eigenvalue weighted by atomic mass is 10.0. The monoisotopic (exact) mass is 509 g/mol. The Kier molecular flexibility index (Phi) is 8.36. The Morgan fingerprint density at radius 2 is 2.00 bits per heavy atom. The lowest BCUT2D eigenvalue weighted by Crippen LogP contribution is -2.30. The number of benzene rings is 2. The maximum Gasteiger partial charge on any atom is 0.231 e. The van der Waals surface area contributed by atoms with E-state index in [4.69, 9.17) is 16.3 Å². The second-order valence-electron chi connectivity index (χ2n) is 8.93. The van der Waals surface area contributed by atoms with Crippen molar-refractivity contribution in [3.63, 3.8) is 0 Å². The summed E-state index contributed by atoms with van der Waals surface area (Å²) >= 11 is 5.93. The van der Waals surface area contributed by atoms with E-state index < -0.39 is 5.82 Å². The zero-order valence-electron chi connectivity index (χ0n) is 20.2. The van der Waals surface area contributed by atoms with Crippen molar-refractivity contribution in [1.29, 1.82) is 0 Å². The third-order valence-electron chi connectivity index (χ3n) is 6.30. The second-order valence-corrected chi connectivity index (χ2v) is 9.33. The first-order chi connectivity index (χ1) is 17.4. The molecule has 3 aromatic rings. The van der Waals surface area contributed by atoms with Gasteiger partial charge in [-0.25, -0.2) is 4.39 Å². The van der Waals surface area contributed by atoms with E-state index in [1.807, 2.05) is 46.8 Å². The molecule has 188 valence electrons. The number of rotatable bonds is 9. The Labute approximate surface area is 215 Å². The molecule has 1 aliphatic heterocycles. The predicted molar refractivity (Wildman–Crippen MR) is 140 cm³/mol. The lowest BCUT2D eigenvalue weighted by Gasteiger charge is -2.24. The Morgan fingerprint density at radius 3 is 2.72 bits per heavy atom. The van der Waals surface area contributed by atoms with Gasteiger partial charge in [-0.3, -0.25) is 9.59 Å². The number of aldehydes is 1. The molecule has 36 heavy (non-hydrogen) atoms. The molecule has 2 aromatic carbocycles. The number of ether oxygens (including phenoxy) is 1. The number of fused-ring (bicyclic) bond motifs is 1. The summed E-state index contributed by atoms with van der Waals surface area (Å²) in [6.45, 7) is 7.01. The minimum atomic E-state index is -0.453. The van der Waals surface area contributed by atoms with Gasteiger partial charge in [0.15, 0.2) is 12.0 Å². The van der Waals surface area contributed by atoms with Crippen molar-refractivity contribution in [2.75, 3.05) is 20.1 Å². The number of carbonyl (C=O) groups excluding carboxylic acids is 1. The first kappa shape index (κ1) is 25.8. The normalized spacial score (nSPS) is 13.4. The highest BCUT2D eigenvalue weighted by Crippen LogP contribution is 2.26. The van der Waals surface area contributed by atoms with Crippen LogP contribution in [-0.2, 0) is 26.2 Å². The van der Waals surface area contributed by atoms with Crippen LogP contribution in [0.2, 0.25) is 5.02 Å².